The first-order chi connectivity index (χ1) is 7.79. The first-order valence-electron chi connectivity index (χ1n) is 6.03. The molecule has 1 aliphatic heterocycles. The normalized spacial score (nSPS) is 30.9. The summed E-state index contributed by atoms with van der Waals surface area (Å²) in [4.78, 5) is 12.0. The van der Waals surface area contributed by atoms with Gasteiger partial charge in [0.2, 0.25) is 5.12 Å². The molecule has 1 saturated heterocycles. The Bertz CT molecular complexity index is 339. The van der Waals surface area contributed by atoms with E-state index in [0.717, 1.165) is 6.42 Å². The summed E-state index contributed by atoms with van der Waals surface area (Å²) in [6.07, 6.45) is 8.74. The molecule has 0 aromatic rings. The van der Waals surface area contributed by atoms with Crippen LogP contribution in [0.15, 0.2) is 24.3 Å². The van der Waals surface area contributed by atoms with Gasteiger partial charge in [-0.3, -0.25) is 4.79 Å². The fourth-order valence-corrected chi connectivity index (χ4v) is 2.57. The van der Waals surface area contributed by atoms with Crippen molar-refractivity contribution in [1.82, 2.24) is 0 Å². The standard InChI is InChI=1S/C14H22O2S/c1-6-7-8-9-10-14(5)11(15)17-12(16-14)13(2,3)4/h7-10,12H,6H2,1-5H3/b8-7+,10-9+. The Hall–Kier alpha value is -0.540. The monoisotopic (exact) mass is 254 g/mol. The van der Waals surface area contributed by atoms with Crippen LogP contribution < -0.4 is 0 Å². The van der Waals surface area contributed by atoms with E-state index in [1.54, 1.807) is 0 Å². The quantitative estimate of drug-likeness (QED) is 0.714. The summed E-state index contributed by atoms with van der Waals surface area (Å²) in [7, 11) is 0. The van der Waals surface area contributed by atoms with Crippen LogP contribution in [-0.2, 0) is 9.53 Å². The number of hydrogen-bond donors (Lipinski definition) is 0. The zero-order valence-corrected chi connectivity index (χ0v) is 12.1. The molecule has 1 rings (SSSR count). The van der Waals surface area contributed by atoms with E-state index in [1.807, 2.05) is 31.2 Å². The Kier molecular flexibility index (Phi) is 4.62. The van der Waals surface area contributed by atoms with Crippen molar-refractivity contribution >= 4 is 16.9 Å². The van der Waals surface area contributed by atoms with Gasteiger partial charge in [-0.05, 0) is 24.8 Å². The predicted molar refractivity (Wildman–Crippen MR) is 73.9 cm³/mol. The second-order valence-electron chi connectivity index (χ2n) is 5.52. The lowest BCUT2D eigenvalue weighted by molar-refractivity contribution is -0.127. The number of thioether (sulfide) groups is 1. The molecule has 0 aromatic heterocycles. The highest BCUT2D eigenvalue weighted by atomic mass is 32.2. The molecule has 1 heterocycles. The van der Waals surface area contributed by atoms with Crippen molar-refractivity contribution in [2.75, 3.05) is 0 Å². The summed E-state index contributed by atoms with van der Waals surface area (Å²) in [6.45, 7) is 10.2. The van der Waals surface area contributed by atoms with Gasteiger partial charge in [-0.1, -0.05) is 57.7 Å². The Morgan fingerprint density at radius 1 is 1.41 bits per heavy atom. The van der Waals surface area contributed by atoms with Crippen molar-refractivity contribution in [3.63, 3.8) is 0 Å². The maximum absolute atomic E-state index is 12.0. The molecule has 1 fully saturated rings. The molecular formula is C14H22O2S. The summed E-state index contributed by atoms with van der Waals surface area (Å²) in [5.41, 5.74) is -0.869. The van der Waals surface area contributed by atoms with Crippen LogP contribution in [0.5, 0.6) is 0 Å². The number of carbonyl (C=O) groups is 1. The molecule has 96 valence electrons. The molecule has 2 unspecified atom stereocenters. The molecule has 0 amide bonds. The smallest absolute Gasteiger partial charge is 0.227 e. The van der Waals surface area contributed by atoms with E-state index in [9.17, 15) is 4.79 Å². The van der Waals surface area contributed by atoms with Crippen LogP contribution in [0.2, 0.25) is 0 Å². The van der Waals surface area contributed by atoms with Gasteiger partial charge < -0.3 is 4.74 Å². The summed E-state index contributed by atoms with van der Waals surface area (Å²) in [6, 6.07) is 0. The maximum atomic E-state index is 12.0. The van der Waals surface area contributed by atoms with Gasteiger partial charge in [-0.15, -0.1) is 0 Å². The average molecular weight is 254 g/mol. The largest absolute Gasteiger partial charge is 0.348 e. The molecule has 0 aromatic carbocycles. The van der Waals surface area contributed by atoms with Crippen LogP contribution in [0.1, 0.15) is 41.0 Å². The molecule has 2 nitrogen and oxygen atoms in total. The lowest BCUT2D eigenvalue weighted by atomic mass is 9.97. The number of allylic oxidation sites excluding steroid dienone is 3. The summed E-state index contributed by atoms with van der Waals surface area (Å²) in [5, 5.41) is 0.0959. The molecule has 0 spiro atoms. The van der Waals surface area contributed by atoms with Gasteiger partial charge in [0.05, 0.1) is 0 Å². The van der Waals surface area contributed by atoms with Gasteiger partial charge in [0.25, 0.3) is 0 Å². The lowest BCUT2D eigenvalue weighted by Gasteiger charge is -2.27. The van der Waals surface area contributed by atoms with Crippen molar-refractivity contribution in [3.05, 3.63) is 24.3 Å². The number of ether oxygens (including phenoxy) is 1. The van der Waals surface area contributed by atoms with Crippen LogP contribution in [0.4, 0.5) is 0 Å². The minimum Gasteiger partial charge on any atom is -0.348 e. The molecule has 0 saturated carbocycles. The van der Waals surface area contributed by atoms with Crippen LogP contribution >= 0.6 is 11.8 Å². The fourth-order valence-electron chi connectivity index (χ4n) is 1.42. The van der Waals surface area contributed by atoms with Crippen LogP contribution in [-0.4, -0.2) is 16.2 Å². The number of rotatable bonds is 3. The Labute approximate surface area is 108 Å². The minimum atomic E-state index is -0.777. The predicted octanol–water partition coefficient (Wildman–Crippen LogP) is 3.93. The van der Waals surface area contributed by atoms with E-state index in [0.29, 0.717) is 0 Å². The van der Waals surface area contributed by atoms with Gasteiger partial charge in [-0.25, -0.2) is 0 Å². The first-order valence-corrected chi connectivity index (χ1v) is 6.91. The van der Waals surface area contributed by atoms with Gasteiger partial charge in [0.1, 0.15) is 5.44 Å². The molecule has 0 N–H and O–H groups in total. The Morgan fingerprint density at radius 3 is 2.53 bits per heavy atom. The first kappa shape index (κ1) is 14.5. The highest BCUT2D eigenvalue weighted by Crippen LogP contribution is 2.44. The highest BCUT2D eigenvalue weighted by molar-refractivity contribution is 8.14. The van der Waals surface area contributed by atoms with Gasteiger partial charge in [-0.2, -0.15) is 0 Å². The van der Waals surface area contributed by atoms with Crippen molar-refractivity contribution in [2.24, 2.45) is 5.41 Å². The van der Waals surface area contributed by atoms with E-state index in [1.165, 1.54) is 11.8 Å². The van der Waals surface area contributed by atoms with Gasteiger partial charge in [0.15, 0.2) is 5.60 Å². The van der Waals surface area contributed by atoms with Crippen molar-refractivity contribution in [2.45, 2.75) is 52.1 Å². The second kappa shape index (κ2) is 5.40. The van der Waals surface area contributed by atoms with E-state index in [2.05, 4.69) is 27.7 Å². The molecule has 0 radical (unpaired) electrons. The maximum Gasteiger partial charge on any atom is 0.227 e. The Morgan fingerprint density at radius 2 is 2.06 bits per heavy atom. The van der Waals surface area contributed by atoms with Gasteiger partial charge >= 0.3 is 0 Å². The third kappa shape index (κ3) is 3.71. The molecule has 3 heteroatoms. The molecule has 0 aliphatic carbocycles. The van der Waals surface area contributed by atoms with Crippen molar-refractivity contribution in [3.8, 4) is 0 Å². The molecule has 2 atom stereocenters. The summed E-state index contributed by atoms with van der Waals surface area (Å²) < 4.78 is 5.90. The zero-order valence-electron chi connectivity index (χ0n) is 11.3. The SMILES string of the molecule is CC/C=C/C=C/C1(C)OC(C(C)(C)C)SC1=O. The lowest BCUT2D eigenvalue weighted by Crippen LogP contribution is -2.32. The topological polar surface area (TPSA) is 26.3 Å². The van der Waals surface area contributed by atoms with Crippen LogP contribution in [0.25, 0.3) is 0 Å². The Balaban J connectivity index is 2.75. The van der Waals surface area contributed by atoms with Crippen LogP contribution in [0.3, 0.4) is 0 Å². The molecular weight excluding hydrogens is 232 g/mol. The van der Waals surface area contributed by atoms with E-state index in [-0.39, 0.29) is 16.0 Å². The number of carbonyl (C=O) groups excluding carboxylic acids is 1. The zero-order chi connectivity index (χ0) is 13.1. The second-order valence-corrected chi connectivity index (χ2v) is 6.56. The fraction of sp³-hybridized carbons (Fsp3) is 0.643. The molecule has 1 aliphatic rings. The summed E-state index contributed by atoms with van der Waals surface area (Å²) in [5.74, 6) is 0. The number of hydrogen-bond acceptors (Lipinski definition) is 3. The third-order valence-electron chi connectivity index (χ3n) is 2.58. The highest BCUT2D eigenvalue weighted by Gasteiger charge is 2.47. The third-order valence-corrected chi connectivity index (χ3v) is 4.21. The molecule has 17 heavy (non-hydrogen) atoms. The van der Waals surface area contributed by atoms with E-state index >= 15 is 0 Å². The van der Waals surface area contributed by atoms with E-state index < -0.39 is 5.60 Å². The molecule has 0 bridgehead atoms. The van der Waals surface area contributed by atoms with Crippen molar-refractivity contribution in [1.29, 1.82) is 0 Å². The average Bonchev–Trinajstić information content (AvgIpc) is 2.51. The summed E-state index contributed by atoms with van der Waals surface area (Å²) >= 11 is 1.31. The van der Waals surface area contributed by atoms with Gasteiger partial charge in [0, 0.05) is 0 Å². The van der Waals surface area contributed by atoms with Crippen LogP contribution in [0, 0.1) is 5.41 Å². The van der Waals surface area contributed by atoms with Crippen molar-refractivity contribution < 1.29 is 9.53 Å². The minimum absolute atomic E-state index is 0.0226. The van der Waals surface area contributed by atoms with E-state index in [4.69, 9.17) is 4.74 Å².